The first kappa shape index (κ1) is 14.9. The lowest BCUT2D eigenvalue weighted by atomic mass is 10.1. The van der Waals surface area contributed by atoms with Crippen molar-refractivity contribution in [3.8, 4) is 0 Å². The summed E-state index contributed by atoms with van der Waals surface area (Å²) < 4.78 is 0. The van der Waals surface area contributed by atoms with E-state index in [9.17, 15) is 9.59 Å². The third-order valence-corrected chi connectivity index (χ3v) is 4.66. The van der Waals surface area contributed by atoms with E-state index in [1.165, 1.54) is 10.5 Å². The maximum atomic E-state index is 12.6. The SMILES string of the molecule is CC1CN(CN2C(=O)c3ccccc3C2=O)c2ccccc2CN1. The third-order valence-electron chi connectivity index (χ3n) is 4.66. The number of nitrogens with zero attached hydrogens (tertiary/aromatic N) is 2. The van der Waals surface area contributed by atoms with Crippen LogP contribution in [0.5, 0.6) is 0 Å². The van der Waals surface area contributed by atoms with Crippen LogP contribution in [0.3, 0.4) is 0 Å². The Morgan fingerprint density at radius 1 is 1.00 bits per heavy atom. The summed E-state index contributed by atoms with van der Waals surface area (Å²) >= 11 is 0. The number of hydrogen-bond acceptors (Lipinski definition) is 4. The summed E-state index contributed by atoms with van der Waals surface area (Å²) in [6.45, 7) is 3.91. The number of anilines is 1. The first-order chi connectivity index (χ1) is 11.6. The number of carbonyl (C=O) groups is 2. The minimum absolute atomic E-state index is 0.210. The van der Waals surface area contributed by atoms with Crippen molar-refractivity contribution in [3.63, 3.8) is 0 Å². The lowest BCUT2D eigenvalue weighted by molar-refractivity contribution is 0.0653. The average molecular weight is 321 g/mol. The molecule has 2 aromatic carbocycles. The summed E-state index contributed by atoms with van der Waals surface area (Å²) in [5.41, 5.74) is 3.25. The Kier molecular flexibility index (Phi) is 3.58. The molecule has 2 heterocycles. The molecule has 2 aliphatic heterocycles. The molecule has 4 rings (SSSR count). The molecule has 24 heavy (non-hydrogen) atoms. The van der Waals surface area contributed by atoms with Gasteiger partial charge in [0.15, 0.2) is 0 Å². The van der Waals surface area contributed by atoms with E-state index in [4.69, 9.17) is 0 Å². The highest BCUT2D eigenvalue weighted by Crippen LogP contribution is 2.27. The number of carbonyl (C=O) groups excluding carboxylic acids is 2. The highest BCUT2D eigenvalue weighted by molar-refractivity contribution is 6.21. The lowest BCUT2D eigenvalue weighted by Gasteiger charge is -2.30. The van der Waals surface area contributed by atoms with Crippen LogP contribution < -0.4 is 10.2 Å². The molecule has 0 bridgehead atoms. The molecule has 0 fully saturated rings. The summed E-state index contributed by atoms with van der Waals surface area (Å²) in [6.07, 6.45) is 0. The van der Waals surface area contributed by atoms with E-state index >= 15 is 0 Å². The van der Waals surface area contributed by atoms with E-state index in [1.807, 2.05) is 18.2 Å². The van der Waals surface area contributed by atoms with Crippen molar-refractivity contribution in [1.29, 1.82) is 0 Å². The zero-order chi connectivity index (χ0) is 16.7. The van der Waals surface area contributed by atoms with Crippen molar-refractivity contribution in [2.45, 2.75) is 19.5 Å². The summed E-state index contributed by atoms with van der Waals surface area (Å²) in [5.74, 6) is -0.420. The van der Waals surface area contributed by atoms with E-state index < -0.39 is 0 Å². The Morgan fingerprint density at radius 2 is 1.62 bits per heavy atom. The van der Waals surface area contributed by atoms with Gasteiger partial charge in [0.05, 0.1) is 11.1 Å². The molecule has 122 valence electrons. The summed E-state index contributed by atoms with van der Waals surface area (Å²) in [4.78, 5) is 28.7. The fourth-order valence-electron chi connectivity index (χ4n) is 3.42. The van der Waals surface area contributed by atoms with Crippen LogP contribution >= 0.6 is 0 Å². The van der Waals surface area contributed by atoms with Crippen LogP contribution in [0.4, 0.5) is 5.69 Å². The van der Waals surface area contributed by atoms with Gasteiger partial charge in [0.25, 0.3) is 11.8 Å². The van der Waals surface area contributed by atoms with Crippen LogP contribution in [0.25, 0.3) is 0 Å². The zero-order valence-corrected chi connectivity index (χ0v) is 13.5. The summed E-state index contributed by atoms with van der Waals surface area (Å²) in [7, 11) is 0. The highest BCUT2D eigenvalue weighted by atomic mass is 16.2. The van der Waals surface area contributed by atoms with Crippen molar-refractivity contribution >= 4 is 17.5 Å². The number of imide groups is 1. The van der Waals surface area contributed by atoms with Crippen molar-refractivity contribution < 1.29 is 9.59 Å². The Bertz CT molecular complexity index is 783. The first-order valence-corrected chi connectivity index (χ1v) is 8.16. The van der Waals surface area contributed by atoms with Crippen molar-refractivity contribution in [3.05, 3.63) is 65.2 Å². The van der Waals surface area contributed by atoms with Gasteiger partial charge in [0.2, 0.25) is 0 Å². The second-order valence-electron chi connectivity index (χ2n) is 6.36. The quantitative estimate of drug-likeness (QED) is 0.862. The molecule has 0 radical (unpaired) electrons. The molecular formula is C19H19N3O2. The number of para-hydroxylation sites is 1. The average Bonchev–Trinajstić information content (AvgIpc) is 2.75. The van der Waals surface area contributed by atoms with E-state index in [1.54, 1.807) is 24.3 Å². The molecular weight excluding hydrogens is 302 g/mol. The van der Waals surface area contributed by atoms with Crippen molar-refractivity contribution in [2.75, 3.05) is 18.1 Å². The molecule has 5 heteroatoms. The van der Waals surface area contributed by atoms with Crippen LogP contribution in [-0.2, 0) is 6.54 Å². The normalized spacial score (nSPS) is 20.0. The molecule has 1 atom stereocenters. The van der Waals surface area contributed by atoms with Crippen LogP contribution in [0.1, 0.15) is 33.2 Å². The van der Waals surface area contributed by atoms with Crippen LogP contribution in [0.2, 0.25) is 0 Å². The van der Waals surface area contributed by atoms with Gasteiger partial charge >= 0.3 is 0 Å². The van der Waals surface area contributed by atoms with E-state index in [2.05, 4.69) is 23.2 Å². The number of rotatable bonds is 2. The van der Waals surface area contributed by atoms with Gasteiger partial charge in [-0.25, -0.2) is 0 Å². The summed E-state index contributed by atoms with van der Waals surface area (Å²) in [5, 5.41) is 3.47. The van der Waals surface area contributed by atoms with Gasteiger partial charge in [-0.2, -0.15) is 0 Å². The minimum Gasteiger partial charge on any atom is -0.351 e. The number of benzene rings is 2. The van der Waals surface area contributed by atoms with E-state index in [0.717, 1.165) is 18.8 Å². The second kappa shape index (κ2) is 5.76. The van der Waals surface area contributed by atoms with E-state index in [-0.39, 0.29) is 24.5 Å². The van der Waals surface area contributed by atoms with Crippen LogP contribution in [0.15, 0.2) is 48.5 Å². The van der Waals surface area contributed by atoms with Gasteiger partial charge in [0.1, 0.15) is 6.67 Å². The molecule has 0 aliphatic carbocycles. The first-order valence-electron chi connectivity index (χ1n) is 8.16. The number of nitrogens with one attached hydrogen (secondary N) is 1. The Hall–Kier alpha value is -2.66. The standard InChI is InChI=1S/C19H19N3O2/c1-13-11-21(17-9-5-2-6-14(17)10-20-13)12-22-18(23)15-7-3-4-8-16(15)19(22)24/h2-9,13,20H,10-12H2,1H3. The molecule has 1 N–H and O–H groups in total. The fourth-order valence-corrected chi connectivity index (χ4v) is 3.42. The molecule has 5 nitrogen and oxygen atoms in total. The molecule has 0 saturated carbocycles. The Balaban J connectivity index is 1.66. The fraction of sp³-hybridized carbons (Fsp3) is 0.263. The van der Waals surface area contributed by atoms with Gasteiger partial charge in [-0.15, -0.1) is 0 Å². The van der Waals surface area contributed by atoms with Gasteiger partial charge in [0, 0.05) is 24.8 Å². The molecule has 2 amide bonds. The largest absolute Gasteiger partial charge is 0.351 e. The Morgan fingerprint density at radius 3 is 2.33 bits per heavy atom. The third kappa shape index (κ3) is 2.37. The van der Waals surface area contributed by atoms with Gasteiger partial charge in [-0.1, -0.05) is 30.3 Å². The molecule has 1 unspecified atom stereocenters. The van der Waals surface area contributed by atoms with Crippen molar-refractivity contribution in [1.82, 2.24) is 10.2 Å². The van der Waals surface area contributed by atoms with Gasteiger partial charge in [-0.3, -0.25) is 14.5 Å². The predicted octanol–water partition coefficient (Wildman–Crippen LogP) is 2.24. The maximum absolute atomic E-state index is 12.6. The number of fused-ring (bicyclic) bond motifs is 2. The maximum Gasteiger partial charge on any atom is 0.263 e. The predicted molar refractivity (Wildman–Crippen MR) is 91.9 cm³/mol. The van der Waals surface area contributed by atoms with Crippen LogP contribution in [0, 0.1) is 0 Å². The number of hydrogen-bond donors (Lipinski definition) is 1. The number of amides is 2. The monoisotopic (exact) mass is 321 g/mol. The minimum atomic E-state index is -0.210. The van der Waals surface area contributed by atoms with E-state index in [0.29, 0.717) is 11.1 Å². The second-order valence-corrected chi connectivity index (χ2v) is 6.36. The van der Waals surface area contributed by atoms with Gasteiger partial charge in [-0.05, 0) is 30.7 Å². The topological polar surface area (TPSA) is 52.7 Å². The smallest absolute Gasteiger partial charge is 0.263 e. The Labute approximate surface area is 140 Å². The molecule has 2 aliphatic rings. The van der Waals surface area contributed by atoms with Gasteiger partial charge < -0.3 is 10.2 Å². The molecule has 0 spiro atoms. The zero-order valence-electron chi connectivity index (χ0n) is 13.5. The molecule has 2 aromatic rings. The molecule has 0 saturated heterocycles. The lowest BCUT2D eigenvalue weighted by Crippen LogP contribution is -2.45. The van der Waals surface area contributed by atoms with Crippen LogP contribution in [-0.4, -0.2) is 36.0 Å². The van der Waals surface area contributed by atoms with Crippen molar-refractivity contribution in [2.24, 2.45) is 0 Å². The summed E-state index contributed by atoms with van der Waals surface area (Å²) in [6, 6.07) is 15.4. The highest BCUT2D eigenvalue weighted by Gasteiger charge is 2.36. The molecule has 0 aromatic heterocycles.